The second-order valence-electron chi connectivity index (χ2n) is 5.56. The van der Waals surface area contributed by atoms with Gasteiger partial charge in [0.25, 0.3) is 0 Å². The normalized spacial score (nSPS) is 17.4. The minimum Gasteiger partial charge on any atom is -0.395 e. The number of ketones is 1. The van der Waals surface area contributed by atoms with Crippen LogP contribution in [-0.2, 0) is 0 Å². The first-order chi connectivity index (χ1) is 9.60. The van der Waals surface area contributed by atoms with E-state index in [1.165, 1.54) is 11.1 Å². The Hall–Kier alpha value is -1.23. The van der Waals surface area contributed by atoms with E-state index in [0.29, 0.717) is 6.54 Å². The van der Waals surface area contributed by atoms with Crippen molar-refractivity contribution in [1.82, 2.24) is 9.80 Å². The highest BCUT2D eigenvalue weighted by Gasteiger charge is 2.19. The van der Waals surface area contributed by atoms with Crippen LogP contribution in [0.2, 0.25) is 0 Å². The van der Waals surface area contributed by atoms with Gasteiger partial charge in [0, 0.05) is 38.3 Å². The molecule has 110 valence electrons. The van der Waals surface area contributed by atoms with Crippen molar-refractivity contribution in [2.75, 3.05) is 45.9 Å². The highest BCUT2D eigenvalue weighted by molar-refractivity contribution is 5.97. The minimum absolute atomic E-state index is 0.198. The van der Waals surface area contributed by atoms with Crippen molar-refractivity contribution in [2.45, 2.75) is 13.8 Å². The van der Waals surface area contributed by atoms with Crippen molar-refractivity contribution in [3.8, 4) is 0 Å². The molecule has 0 spiro atoms. The summed E-state index contributed by atoms with van der Waals surface area (Å²) in [5.74, 6) is 0.198. The molecule has 2 rings (SSSR count). The Morgan fingerprint density at radius 1 is 1.10 bits per heavy atom. The number of hydrogen-bond acceptors (Lipinski definition) is 4. The molecule has 0 bridgehead atoms. The quantitative estimate of drug-likeness (QED) is 0.818. The first-order valence-corrected chi connectivity index (χ1v) is 7.26. The van der Waals surface area contributed by atoms with Crippen LogP contribution in [0.3, 0.4) is 0 Å². The predicted molar refractivity (Wildman–Crippen MR) is 80.2 cm³/mol. The summed E-state index contributed by atoms with van der Waals surface area (Å²) in [6.07, 6.45) is 0. The molecule has 0 atom stereocenters. The van der Waals surface area contributed by atoms with Gasteiger partial charge >= 0.3 is 0 Å². The molecule has 1 heterocycles. The van der Waals surface area contributed by atoms with Crippen LogP contribution in [0.1, 0.15) is 21.5 Å². The van der Waals surface area contributed by atoms with E-state index in [4.69, 9.17) is 5.11 Å². The molecule has 1 saturated heterocycles. The van der Waals surface area contributed by atoms with E-state index < -0.39 is 0 Å². The number of nitrogens with zero attached hydrogens (tertiary/aromatic N) is 2. The average Bonchev–Trinajstić information content (AvgIpc) is 2.44. The summed E-state index contributed by atoms with van der Waals surface area (Å²) in [5, 5.41) is 8.92. The SMILES string of the molecule is Cc1ccc(C(=O)CN2CCN(CCO)CC2)cc1C. The molecule has 1 N–H and O–H groups in total. The topological polar surface area (TPSA) is 43.8 Å². The van der Waals surface area contributed by atoms with Gasteiger partial charge in [0.2, 0.25) is 0 Å². The number of carbonyl (C=O) groups excluding carboxylic acids is 1. The Kier molecular flexibility index (Phi) is 5.29. The molecule has 0 aromatic heterocycles. The number of hydrogen-bond donors (Lipinski definition) is 1. The summed E-state index contributed by atoms with van der Waals surface area (Å²) < 4.78 is 0. The van der Waals surface area contributed by atoms with Gasteiger partial charge in [-0.3, -0.25) is 14.6 Å². The van der Waals surface area contributed by atoms with Gasteiger partial charge in [-0.25, -0.2) is 0 Å². The van der Waals surface area contributed by atoms with Crippen molar-refractivity contribution in [3.05, 3.63) is 34.9 Å². The number of Topliss-reactive ketones (excluding diaryl/α,β-unsaturated/α-hetero) is 1. The fourth-order valence-corrected chi connectivity index (χ4v) is 2.52. The zero-order valence-corrected chi connectivity index (χ0v) is 12.4. The van der Waals surface area contributed by atoms with Gasteiger partial charge in [-0.15, -0.1) is 0 Å². The van der Waals surface area contributed by atoms with Gasteiger partial charge in [0.15, 0.2) is 5.78 Å². The number of benzene rings is 1. The van der Waals surface area contributed by atoms with Gasteiger partial charge in [-0.1, -0.05) is 12.1 Å². The van der Waals surface area contributed by atoms with Gasteiger partial charge in [-0.2, -0.15) is 0 Å². The maximum absolute atomic E-state index is 12.3. The average molecular weight is 276 g/mol. The number of aliphatic hydroxyl groups is 1. The molecular weight excluding hydrogens is 252 g/mol. The third kappa shape index (κ3) is 3.88. The second-order valence-corrected chi connectivity index (χ2v) is 5.56. The molecule has 0 saturated carbocycles. The lowest BCUT2D eigenvalue weighted by molar-refractivity contribution is 0.0822. The fourth-order valence-electron chi connectivity index (χ4n) is 2.52. The van der Waals surface area contributed by atoms with E-state index in [1.54, 1.807) is 0 Å². The molecule has 1 aromatic carbocycles. The summed E-state index contributed by atoms with van der Waals surface area (Å²) in [6, 6.07) is 5.92. The van der Waals surface area contributed by atoms with E-state index in [1.807, 2.05) is 25.1 Å². The zero-order valence-electron chi connectivity index (χ0n) is 12.4. The Labute approximate surface area is 121 Å². The molecule has 0 unspecified atom stereocenters. The predicted octanol–water partition coefficient (Wildman–Crippen LogP) is 1.10. The molecule has 0 aliphatic carbocycles. The Morgan fingerprint density at radius 3 is 2.35 bits per heavy atom. The number of piperazine rings is 1. The summed E-state index contributed by atoms with van der Waals surface area (Å²) in [5.41, 5.74) is 3.20. The standard InChI is InChI=1S/C16H24N2O2/c1-13-3-4-15(11-14(13)2)16(20)12-18-7-5-17(6-8-18)9-10-19/h3-4,11,19H,5-10,12H2,1-2H3. The molecule has 1 aromatic rings. The summed E-state index contributed by atoms with van der Waals surface area (Å²) >= 11 is 0. The maximum atomic E-state index is 12.3. The van der Waals surface area contributed by atoms with Crippen LogP contribution in [0, 0.1) is 13.8 Å². The van der Waals surface area contributed by atoms with Crippen molar-refractivity contribution in [1.29, 1.82) is 0 Å². The Bertz CT molecular complexity index is 466. The van der Waals surface area contributed by atoms with Crippen LogP contribution in [0.15, 0.2) is 18.2 Å². The number of aryl methyl sites for hydroxylation is 2. The highest BCUT2D eigenvalue weighted by Crippen LogP contribution is 2.11. The van der Waals surface area contributed by atoms with Crippen molar-refractivity contribution < 1.29 is 9.90 Å². The van der Waals surface area contributed by atoms with Gasteiger partial charge in [0.05, 0.1) is 13.2 Å². The van der Waals surface area contributed by atoms with Crippen molar-refractivity contribution in [2.24, 2.45) is 0 Å². The van der Waals surface area contributed by atoms with Gasteiger partial charge < -0.3 is 5.11 Å². The number of rotatable bonds is 5. The summed E-state index contributed by atoms with van der Waals surface area (Å²) in [7, 11) is 0. The molecule has 1 fully saturated rings. The first kappa shape index (κ1) is 15.2. The van der Waals surface area contributed by atoms with E-state index in [2.05, 4.69) is 16.7 Å². The minimum atomic E-state index is 0.198. The van der Waals surface area contributed by atoms with Crippen LogP contribution >= 0.6 is 0 Å². The lowest BCUT2D eigenvalue weighted by Crippen LogP contribution is -2.48. The van der Waals surface area contributed by atoms with Crippen molar-refractivity contribution >= 4 is 5.78 Å². The highest BCUT2D eigenvalue weighted by atomic mass is 16.3. The van der Waals surface area contributed by atoms with Crippen LogP contribution in [0.5, 0.6) is 0 Å². The second kappa shape index (κ2) is 6.97. The summed E-state index contributed by atoms with van der Waals surface area (Å²) in [6.45, 7) is 9.20. The van der Waals surface area contributed by atoms with Crippen LogP contribution < -0.4 is 0 Å². The van der Waals surface area contributed by atoms with E-state index in [9.17, 15) is 4.79 Å². The molecule has 0 radical (unpaired) electrons. The third-order valence-electron chi connectivity index (χ3n) is 4.08. The smallest absolute Gasteiger partial charge is 0.176 e. The Morgan fingerprint density at radius 2 is 1.75 bits per heavy atom. The maximum Gasteiger partial charge on any atom is 0.176 e. The van der Waals surface area contributed by atoms with Crippen LogP contribution in [-0.4, -0.2) is 66.6 Å². The van der Waals surface area contributed by atoms with E-state index >= 15 is 0 Å². The largest absolute Gasteiger partial charge is 0.395 e. The molecule has 1 aliphatic rings. The lowest BCUT2D eigenvalue weighted by Gasteiger charge is -2.33. The van der Waals surface area contributed by atoms with Crippen LogP contribution in [0.25, 0.3) is 0 Å². The monoisotopic (exact) mass is 276 g/mol. The van der Waals surface area contributed by atoms with E-state index in [-0.39, 0.29) is 12.4 Å². The lowest BCUT2D eigenvalue weighted by atomic mass is 10.0. The number of β-amino-alcohol motifs (C(OH)–C–C–N with tert-alkyl or cyclic N) is 1. The summed E-state index contributed by atoms with van der Waals surface area (Å²) in [4.78, 5) is 16.7. The van der Waals surface area contributed by atoms with Gasteiger partial charge in [-0.05, 0) is 31.0 Å². The van der Waals surface area contributed by atoms with Gasteiger partial charge in [0.1, 0.15) is 0 Å². The molecular formula is C16H24N2O2. The number of aliphatic hydroxyl groups excluding tert-OH is 1. The van der Waals surface area contributed by atoms with E-state index in [0.717, 1.165) is 38.3 Å². The van der Waals surface area contributed by atoms with Crippen molar-refractivity contribution in [3.63, 3.8) is 0 Å². The number of carbonyl (C=O) groups is 1. The first-order valence-electron chi connectivity index (χ1n) is 7.26. The third-order valence-corrected chi connectivity index (χ3v) is 4.08. The fraction of sp³-hybridized carbons (Fsp3) is 0.562. The molecule has 20 heavy (non-hydrogen) atoms. The molecule has 1 aliphatic heterocycles. The molecule has 0 amide bonds. The molecule has 4 nitrogen and oxygen atoms in total. The zero-order chi connectivity index (χ0) is 14.5. The molecule has 4 heteroatoms. The van der Waals surface area contributed by atoms with Crippen LogP contribution in [0.4, 0.5) is 0 Å². The Balaban J connectivity index is 1.87.